The molecule has 0 N–H and O–H groups in total. The number of thioether (sulfide) groups is 1. The molecule has 2 aromatic rings. The predicted molar refractivity (Wildman–Crippen MR) is 132 cm³/mol. The molecule has 0 saturated carbocycles. The summed E-state index contributed by atoms with van der Waals surface area (Å²) in [6.45, 7) is 4.65. The molecule has 0 unspecified atom stereocenters. The van der Waals surface area contributed by atoms with Crippen LogP contribution in [0.2, 0.25) is 0 Å². The molecule has 0 bridgehead atoms. The number of likely N-dealkylation sites (N-methyl/N-ethyl adjacent to an activating group) is 1. The van der Waals surface area contributed by atoms with Crippen molar-refractivity contribution < 1.29 is 27.1 Å². The number of halogens is 1. The van der Waals surface area contributed by atoms with Gasteiger partial charge >= 0.3 is 0 Å². The lowest BCUT2D eigenvalue weighted by molar-refractivity contribution is -0.122. The number of benzene rings is 2. The average Bonchev–Trinajstić information content (AvgIpc) is 3.10. The van der Waals surface area contributed by atoms with Gasteiger partial charge in [-0.25, -0.2) is 4.39 Å². The van der Waals surface area contributed by atoms with E-state index in [9.17, 15) is 17.6 Å². The zero-order valence-electron chi connectivity index (χ0n) is 19.3. The largest absolute Gasteiger partial charge is 0.493 e. The average molecular weight is 507 g/mol. The Labute approximate surface area is 203 Å². The van der Waals surface area contributed by atoms with Gasteiger partial charge in [0.1, 0.15) is 5.82 Å². The van der Waals surface area contributed by atoms with Crippen molar-refractivity contribution in [3.05, 3.63) is 58.8 Å². The van der Waals surface area contributed by atoms with Gasteiger partial charge in [-0.05, 0) is 73.1 Å². The van der Waals surface area contributed by atoms with Gasteiger partial charge in [0.15, 0.2) is 16.7 Å². The van der Waals surface area contributed by atoms with Gasteiger partial charge in [0.2, 0.25) is 0 Å². The van der Waals surface area contributed by atoms with Crippen molar-refractivity contribution in [1.82, 2.24) is 4.90 Å². The molecule has 3 rings (SSSR count). The number of carbonyl (C=O) groups excluding carboxylic acids is 1. The van der Waals surface area contributed by atoms with E-state index in [0.717, 1.165) is 55.3 Å². The molecule has 10 heteroatoms. The summed E-state index contributed by atoms with van der Waals surface area (Å²) in [5, 5.41) is 0.0487. The van der Waals surface area contributed by atoms with Crippen molar-refractivity contribution in [2.75, 3.05) is 20.3 Å². The summed E-state index contributed by atoms with van der Waals surface area (Å²) in [6, 6.07) is 9.72. The number of unbranched alkanes of at least 4 members (excludes halogenated alkanes) is 2. The van der Waals surface area contributed by atoms with E-state index in [2.05, 4.69) is 11.3 Å². The maximum atomic E-state index is 13.2. The first-order valence-electron chi connectivity index (χ1n) is 10.9. The molecule has 0 atom stereocenters. The first-order chi connectivity index (χ1) is 16.3. The van der Waals surface area contributed by atoms with Crippen LogP contribution >= 0.6 is 11.8 Å². The predicted octanol–water partition coefficient (Wildman–Crippen LogP) is 5.08. The fourth-order valence-corrected chi connectivity index (χ4v) is 5.44. The first kappa shape index (κ1) is 25.8. The summed E-state index contributed by atoms with van der Waals surface area (Å²) in [6.07, 6.45) is 4.74. The zero-order chi connectivity index (χ0) is 24.7. The summed E-state index contributed by atoms with van der Waals surface area (Å²) in [7, 11) is -2.55. The molecule has 1 aliphatic rings. The summed E-state index contributed by atoms with van der Waals surface area (Å²) >= 11 is 0.973. The number of nitrogens with zero attached hydrogens (tertiary/aromatic N) is 2. The Morgan fingerprint density at radius 2 is 1.82 bits per heavy atom. The molecule has 2 aromatic carbocycles. The number of sulfonamides is 1. The maximum absolute atomic E-state index is 13.2. The Kier molecular flexibility index (Phi) is 8.73. The van der Waals surface area contributed by atoms with Crippen molar-refractivity contribution in [2.24, 2.45) is 4.40 Å². The van der Waals surface area contributed by atoms with Gasteiger partial charge < -0.3 is 9.47 Å². The SMILES string of the molecule is CCCCCOc1cc(/C=C2\S/C(=N/S(=O)(=O)c3ccc(F)cc3)N(CC)C2=O)ccc1OC. The van der Waals surface area contributed by atoms with Gasteiger partial charge in [0, 0.05) is 6.54 Å². The molecule has 0 aliphatic carbocycles. The lowest BCUT2D eigenvalue weighted by Gasteiger charge is -2.12. The van der Waals surface area contributed by atoms with Crippen LogP contribution in [0, 0.1) is 5.82 Å². The standard InChI is InChI=1S/C24H27FN2O5S2/c1-4-6-7-14-32-21-15-17(8-13-20(21)31-3)16-22-23(28)27(5-2)24(33-22)26-34(29,30)19-11-9-18(25)10-12-19/h8-13,15-16H,4-7,14H2,1-3H3/b22-16-,26-24+. The molecule has 7 nitrogen and oxygen atoms in total. The third-order valence-electron chi connectivity index (χ3n) is 5.00. The van der Waals surface area contributed by atoms with E-state index < -0.39 is 15.8 Å². The van der Waals surface area contributed by atoms with E-state index in [0.29, 0.717) is 28.6 Å². The summed E-state index contributed by atoms with van der Waals surface area (Å²) < 4.78 is 53.6. The van der Waals surface area contributed by atoms with E-state index in [1.807, 2.05) is 0 Å². The minimum Gasteiger partial charge on any atom is -0.493 e. The zero-order valence-corrected chi connectivity index (χ0v) is 20.9. The minimum atomic E-state index is -4.11. The van der Waals surface area contributed by atoms with E-state index in [4.69, 9.17) is 9.47 Å². The molecular formula is C24H27FN2O5S2. The van der Waals surface area contributed by atoms with Crippen LogP contribution in [-0.2, 0) is 14.8 Å². The second kappa shape index (κ2) is 11.5. The highest BCUT2D eigenvalue weighted by Crippen LogP contribution is 2.35. The molecular weight excluding hydrogens is 479 g/mol. The first-order valence-corrected chi connectivity index (χ1v) is 13.2. The van der Waals surface area contributed by atoms with Crippen molar-refractivity contribution in [3.8, 4) is 11.5 Å². The number of ether oxygens (including phenoxy) is 2. The van der Waals surface area contributed by atoms with Crippen LogP contribution in [0.3, 0.4) is 0 Å². The molecule has 182 valence electrons. The molecule has 34 heavy (non-hydrogen) atoms. The smallest absolute Gasteiger partial charge is 0.284 e. The highest BCUT2D eigenvalue weighted by Gasteiger charge is 2.34. The number of carbonyl (C=O) groups is 1. The number of methoxy groups -OCH3 is 1. The lowest BCUT2D eigenvalue weighted by Crippen LogP contribution is -2.29. The minimum absolute atomic E-state index is 0.0487. The van der Waals surface area contributed by atoms with Gasteiger partial charge in [-0.2, -0.15) is 8.42 Å². The lowest BCUT2D eigenvalue weighted by atomic mass is 10.2. The van der Waals surface area contributed by atoms with Crippen LogP contribution < -0.4 is 9.47 Å². The Hall–Kier alpha value is -2.85. The quantitative estimate of drug-likeness (QED) is 0.330. The summed E-state index contributed by atoms with van der Waals surface area (Å²) in [5.74, 6) is 0.267. The number of rotatable bonds is 10. The summed E-state index contributed by atoms with van der Waals surface area (Å²) in [5.41, 5.74) is 0.709. The van der Waals surface area contributed by atoms with Crippen molar-refractivity contribution in [1.29, 1.82) is 0 Å². The molecule has 1 saturated heterocycles. The molecule has 1 aliphatic heterocycles. The number of hydrogen-bond donors (Lipinski definition) is 0. The monoisotopic (exact) mass is 506 g/mol. The third-order valence-corrected chi connectivity index (χ3v) is 7.41. The second-order valence-corrected chi connectivity index (χ2v) is 10.0. The Morgan fingerprint density at radius 1 is 1.09 bits per heavy atom. The number of amides is 1. The van der Waals surface area contributed by atoms with Crippen molar-refractivity contribution >= 4 is 38.9 Å². The highest BCUT2D eigenvalue weighted by atomic mass is 32.2. The van der Waals surface area contributed by atoms with Gasteiger partial charge in [0.05, 0.1) is 23.5 Å². The molecule has 0 aromatic heterocycles. The van der Waals surface area contributed by atoms with Crippen LogP contribution in [0.1, 0.15) is 38.7 Å². The van der Waals surface area contributed by atoms with Gasteiger partial charge in [-0.1, -0.05) is 25.8 Å². The van der Waals surface area contributed by atoms with Crippen LogP contribution in [0.5, 0.6) is 11.5 Å². The fraction of sp³-hybridized carbons (Fsp3) is 0.333. The van der Waals surface area contributed by atoms with Crippen molar-refractivity contribution in [3.63, 3.8) is 0 Å². The highest BCUT2D eigenvalue weighted by molar-refractivity contribution is 8.19. The second-order valence-electron chi connectivity index (χ2n) is 7.43. The van der Waals surface area contributed by atoms with Gasteiger partial charge in [-0.15, -0.1) is 4.40 Å². The van der Waals surface area contributed by atoms with E-state index in [1.54, 1.807) is 38.3 Å². The normalized spacial score (nSPS) is 16.5. The van der Waals surface area contributed by atoms with E-state index in [1.165, 1.54) is 4.90 Å². The van der Waals surface area contributed by atoms with Crippen LogP contribution in [0.25, 0.3) is 6.08 Å². The fourth-order valence-electron chi connectivity index (χ4n) is 3.20. The molecule has 1 fully saturated rings. The van der Waals surface area contributed by atoms with Gasteiger partial charge in [0.25, 0.3) is 15.9 Å². The molecule has 1 heterocycles. The van der Waals surface area contributed by atoms with Crippen molar-refractivity contribution in [2.45, 2.75) is 38.0 Å². The Morgan fingerprint density at radius 3 is 2.47 bits per heavy atom. The Balaban J connectivity index is 1.88. The number of amidine groups is 1. The van der Waals surface area contributed by atoms with Crippen LogP contribution in [-0.4, -0.2) is 44.7 Å². The van der Waals surface area contributed by atoms with E-state index in [-0.39, 0.29) is 22.5 Å². The molecule has 1 amide bonds. The molecule has 0 radical (unpaired) electrons. The topological polar surface area (TPSA) is 85.3 Å². The third kappa shape index (κ3) is 6.18. The number of hydrogen-bond acceptors (Lipinski definition) is 6. The van der Waals surface area contributed by atoms with Gasteiger partial charge in [-0.3, -0.25) is 9.69 Å². The Bertz CT molecular complexity index is 1190. The van der Waals surface area contributed by atoms with E-state index >= 15 is 0 Å². The summed E-state index contributed by atoms with van der Waals surface area (Å²) in [4.78, 5) is 14.4. The van der Waals surface area contributed by atoms with Crippen LogP contribution in [0.15, 0.2) is 56.7 Å². The van der Waals surface area contributed by atoms with Crippen LogP contribution in [0.4, 0.5) is 4.39 Å². The maximum Gasteiger partial charge on any atom is 0.284 e. The molecule has 0 spiro atoms.